The maximum absolute atomic E-state index is 12.0. The zero-order valence-corrected chi connectivity index (χ0v) is 28.5. The summed E-state index contributed by atoms with van der Waals surface area (Å²) in [6.07, 6.45) is 7.35. The molecule has 5 N–H and O–H groups in total. The standard InChI is InChI=1S/C40H54N2O6/c1-29(41-25-38(45)32-14-17-37(44)33(24-32)27-43)30-12-15-36(16-13-30)47-23-7-20-42-21-18-31(19-22-42)39(26-42)48-28-40(46,35-10-5-6-11-35)34-8-3-2-4-9-34/h2-4,8-9,12-17,24,29,31,35,38-39,41,43,45-46H,5-7,10-11,18-23,25-28H2,1H3/p+1/t29-,31?,38-,39-,40?,42?/m0/s1. The van der Waals surface area contributed by atoms with Crippen LogP contribution < -0.4 is 10.1 Å². The van der Waals surface area contributed by atoms with Crippen LogP contribution in [0, 0.1) is 11.8 Å². The molecule has 4 fully saturated rings. The second kappa shape index (κ2) is 15.7. The Balaban J connectivity index is 0.951. The van der Waals surface area contributed by atoms with E-state index in [0.29, 0.717) is 36.8 Å². The lowest BCUT2D eigenvalue weighted by Crippen LogP contribution is -2.65. The maximum Gasteiger partial charge on any atom is 0.121 e. The van der Waals surface area contributed by atoms with Gasteiger partial charge in [-0.05, 0) is 66.6 Å². The summed E-state index contributed by atoms with van der Waals surface area (Å²) >= 11 is 0. The maximum atomic E-state index is 12.0. The van der Waals surface area contributed by atoms with Gasteiger partial charge in [0.1, 0.15) is 29.7 Å². The minimum Gasteiger partial charge on any atom is -0.508 e. The Morgan fingerprint density at radius 2 is 1.65 bits per heavy atom. The fourth-order valence-electron chi connectivity index (χ4n) is 8.43. The number of nitrogens with zero attached hydrogens (tertiary/aromatic N) is 1. The van der Waals surface area contributed by atoms with Gasteiger partial charge in [-0.3, -0.25) is 0 Å². The molecule has 3 saturated heterocycles. The topological polar surface area (TPSA) is 111 Å². The number of fused-ring (bicyclic) bond motifs is 3. The normalized spacial score (nSPS) is 25.1. The van der Waals surface area contributed by atoms with E-state index < -0.39 is 11.7 Å². The molecule has 7 rings (SSSR count). The van der Waals surface area contributed by atoms with Gasteiger partial charge in [0.15, 0.2) is 0 Å². The lowest BCUT2D eigenvalue weighted by Gasteiger charge is -2.53. The van der Waals surface area contributed by atoms with E-state index in [-0.39, 0.29) is 30.4 Å². The molecule has 1 aliphatic carbocycles. The molecular weight excluding hydrogens is 604 g/mol. The van der Waals surface area contributed by atoms with Crippen LogP contribution in [0.2, 0.25) is 0 Å². The number of nitrogens with one attached hydrogen (secondary N) is 1. The minimum atomic E-state index is -0.911. The smallest absolute Gasteiger partial charge is 0.121 e. The van der Waals surface area contributed by atoms with Crippen LogP contribution in [0.4, 0.5) is 0 Å². The summed E-state index contributed by atoms with van der Waals surface area (Å²) < 4.78 is 14.0. The van der Waals surface area contributed by atoms with Crippen molar-refractivity contribution in [3.63, 3.8) is 0 Å². The Hall–Kier alpha value is -2.98. The lowest BCUT2D eigenvalue weighted by molar-refractivity contribution is -0.946. The predicted molar refractivity (Wildman–Crippen MR) is 186 cm³/mol. The van der Waals surface area contributed by atoms with Crippen molar-refractivity contribution in [1.29, 1.82) is 0 Å². The van der Waals surface area contributed by atoms with Crippen molar-refractivity contribution in [2.24, 2.45) is 11.8 Å². The third kappa shape index (κ3) is 8.07. The van der Waals surface area contributed by atoms with Crippen molar-refractivity contribution in [1.82, 2.24) is 5.32 Å². The van der Waals surface area contributed by atoms with Gasteiger partial charge in [0.25, 0.3) is 0 Å². The largest absolute Gasteiger partial charge is 0.508 e. The first-order valence-electron chi connectivity index (χ1n) is 18.1. The van der Waals surface area contributed by atoms with Crippen LogP contribution in [0.1, 0.15) is 86.3 Å². The molecule has 1 saturated carbocycles. The highest BCUT2D eigenvalue weighted by atomic mass is 16.5. The van der Waals surface area contributed by atoms with Gasteiger partial charge in [-0.1, -0.05) is 61.4 Å². The molecule has 4 atom stereocenters. The van der Waals surface area contributed by atoms with Crippen molar-refractivity contribution >= 4 is 0 Å². The minimum absolute atomic E-state index is 0.0259. The van der Waals surface area contributed by atoms with E-state index in [4.69, 9.17) is 9.47 Å². The average molecular weight is 660 g/mol. The highest BCUT2D eigenvalue weighted by molar-refractivity contribution is 5.36. The van der Waals surface area contributed by atoms with E-state index in [0.717, 1.165) is 53.7 Å². The molecule has 8 heteroatoms. The van der Waals surface area contributed by atoms with E-state index in [2.05, 4.69) is 36.5 Å². The van der Waals surface area contributed by atoms with E-state index in [1.54, 1.807) is 12.1 Å². The summed E-state index contributed by atoms with van der Waals surface area (Å²) in [5.74, 6) is 1.74. The van der Waals surface area contributed by atoms with Crippen LogP contribution >= 0.6 is 0 Å². The zero-order chi connectivity index (χ0) is 33.6. The van der Waals surface area contributed by atoms with Gasteiger partial charge in [0.05, 0.1) is 45.6 Å². The van der Waals surface area contributed by atoms with Crippen molar-refractivity contribution < 1.29 is 34.4 Å². The summed E-state index contributed by atoms with van der Waals surface area (Å²) in [6, 6.07) is 23.2. The quantitative estimate of drug-likeness (QED) is 0.0986. The van der Waals surface area contributed by atoms with Gasteiger partial charge >= 0.3 is 0 Å². The highest BCUT2D eigenvalue weighted by Gasteiger charge is 2.48. The molecule has 0 spiro atoms. The number of phenols is 1. The fourth-order valence-corrected chi connectivity index (χ4v) is 8.43. The number of aromatic hydroxyl groups is 1. The van der Waals surface area contributed by atoms with Gasteiger partial charge in [-0.2, -0.15) is 0 Å². The Labute approximate surface area is 285 Å². The van der Waals surface area contributed by atoms with E-state index >= 15 is 0 Å². The number of aliphatic hydroxyl groups is 3. The molecule has 2 bridgehead atoms. The molecule has 3 aromatic carbocycles. The molecular formula is C40H55N2O6+. The van der Waals surface area contributed by atoms with Gasteiger partial charge in [0, 0.05) is 43.3 Å². The molecule has 260 valence electrons. The molecule has 48 heavy (non-hydrogen) atoms. The number of rotatable bonds is 16. The number of piperidine rings is 3. The number of ether oxygens (including phenoxy) is 2. The SMILES string of the molecule is C[C@H](NC[C@H](O)c1ccc(O)c(CO)c1)c1ccc(OCCC[N+]23CCC(CC2)[C@@H](OCC(O)(c2ccccc2)C2CCCC2)C3)cc1. The second-order valence-corrected chi connectivity index (χ2v) is 14.6. The van der Waals surface area contributed by atoms with Crippen molar-refractivity contribution in [2.75, 3.05) is 45.9 Å². The molecule has 4 aliphatic rings. The number of benzene rings is 3. The summed E-state index contributed by atoms with van der Waals surface area (Å²) in [7, 11) is 0. The molecule has 0 radical (unpaired) electrons. The third-order valence-electron chi connectivity index (χ3n) is 11.6. The predicted octanol–water partition coefficient (Wildman–Crippen LogP) is 5.74. The molecule has 0 aromatic heterocycles. The van der Waals surface area contributed by atoms with Gasteiger partial charge < -0.3 is 39.7 Å². The molecule has 0 amide bonds. The number of quaternary nitrogens is 1. The first-order chi connectivity index (χ1) is 23.3. The number of hydrogen-bond acceptors (Lipinski definition) is 7. The molecule has 3 aliphatic heterocycles. The van der Waals surface area contributed by atoms with Crippen LogP contribution in [0.3, 0.4) is 0 Å². The lowest BCUT2D eigenvalue weighted by atomic mass is 9.80. The summed E-state index contributed by atoms with van der Waals surface area (Å²) in [5.41, 5.74) is 2.24. The van der Waals surface area contributed by atoms with Gasteiger partial charge in [-0.25, -0.2) is 0 Å². The third-order valence-corrected chi connectivity index (χ3v) is 11.6. The highest BCUT2D eigenvalue weighted by Crippen LogP contribution is 2.42. The van der Waals surface area contributed by atoms with E-state index in [1.807, 2.05) is 30.3 Å². The van der Waals surface area contributed by atoms with Crippen LogP contribution in [-0.4, -0.2) is 77.0 Å². The Kier molecular flexibility index (Phi) is 11.4. The Morgan fingerprint density at radius 1 is 0.938 bits per heavy atom. The summed E-state index contributed by atoms with van der Waals surface area (Å²) in [6.45, 7) is 7.72. The van der Waals surface area contributed by atoms with Gasteiger partial charge in [0.2, 0.25) is 0 Å². The molecule has 3 heterocycles. The number of hydrogen-bond donors (Lipinski definition) is 5. The Morgan fingerprint density at radius 3 is 2.35 bits per heavy atom. The Bertz CT molecular complexity index is 1440. The number of aliphatic hydroxyl groups excluding tert-OH is 2. The van der Waals surface area contributed by atoms with Crippen molar-refractivity contribution in [2.45, 2.75) is 82.3 Å². The molecule has 3 aromatic rings. The van der Waals surface area contributed by atoms with Gasteiger partial charge in [-0.15, -0.1) is 0 Å². The summed E-state index contributed by atoms with van der Waals surface area (Å²) in [5, 5.41) is 45.2. The van der Waals surface area contributed by atoms with Crippen LogP contribution in [0.25, 0.3) is 0 Å². The van der Waals surface area contributed by atoms with Crippen LogP contribution in [0.15, 0.2) is 72.8 Å². The first-order valence-corrected chi connectivity index (χ1v) is 18.1. The fraction of sp³-hybridized carbons (Fsp3) is 0.550. The zero-order valence-electron chi connectivity index (χ0n) is 28.5. The van der Waals surface area contributed by atoms with Crippen molar-refractivity contribution in [3.8, 4) is 11.5 Å². The molecule has 1 unspecified atom stereocenters. The average Bonchev–Trinajstić information content (AvgIpc) is 3.69. The second-order valence-electron chi connectivity index (χ2n) is 14.6. The van der Waals surface area contributed by atoms with Crippen LogP contribution in [-0.2, 0) is 16.9 Å². The van der Waals surface area contributed by atoms with Crippen LogP contribution in [0.5, 0.6) is 11.5 Å². The summed E-state index contributed by atoms with van der Waals surface area (Å²) in [4.78, 5) is 0. The van der Waals surface area contributed by atoms with E-state index in [1.165, 1.54) is 44.8 Å². The monoisotopic (exact) mass is 659 g/mol. The first kappa shape index (κ1) is 34.9. The van der Waals surface area contributed by atoms with Crippen molar-refractivity contribution in [3.05, 3.63) is 95.1 Å². The van der Waals surface area contributed by atoms with E-state index in [9.17, 15) is 20.4 Å². The molecule has 8 nitrogen and oxygen atoms in total.